The van der Waals surface area contributed by atoms with Crippen molar-refractivity contribution in [2.45, 2.75) is 57.7 Å². The number of ether oxygens (including phenoxy) is 1. The van der Waals surface area contributed by atoms with Crippen LogP contribution in [0.5, 0.6) is 0 Å². The molecule has 2 rings (SSSR count). The van der Waals surface area contributed by atoms with Crippen LogP contribution in [0.2, 0.25) is 0 Å². The van der Waals surface area contributed by atoms with Gasteiger partial charge in [0.1, 0.15) is 6.04 Å². The molecule has 1 atom stereocenters. The van der Waals surface area contributed by atoms with Crippen molar-refractivity contribution < 1.29 is 14.6 Å². The lowest BCUT2D eigenvalue weighted by atomic mass is 10.0. The molecular formula is C15H28N2O3. The first-order valence-electron chi connectivity index (χ1n) is 7.90. The van der Waals surface area contributed by atoms with Crippen molar-refractivity contribution in [3.8, 4) is 0 Å². The number of likely N-dealkylation sites (tertiary alicyclic amines) is 2. The minimum atomic E-state index is -0.643. The largest absolute Gasteiger partial charge is 0.480 e. The summed E-state index contributed by atoms with van der Waals surface area (Å²) in [6, 6.07) is 0.219. The fourth-order valence-electron chi connectivity index (χ4n) is 3.38. The van der Waals surface area contributed by atoms with Gasteiger partial charge in [0, 0.05) is 12.6 Å². The van der Waals surface area contributed by atoms with Crippen LogP contribution in [0.25, 0.3) is 0 Å². The maximum absolute atomic E-state index is 11.3. The lowest BCUT2D eigenvalue weighted by Crippen LogP contribution is -2.49. The number of carbonyl (C=O) groups is 1. The van der Waals surface area contributed by atoms with Crippen LogP contribution in [0, 0.1) is 0 Å². The van der Waals surface area contributed by atoms with Gasteiger partial charge in [0.15, 0.2) is 0 Å². The maximum atomic E-state index is 11.3. The molecule has 2 aliphatic rings. The normalized spacial score (nSPS) is 26.4. The molecule has 1 unspecified atom stereocenters. The van der Waals surface area contributed by atoms with Crippen molar-refractivity contribution in [1.29, 1.82) is 0 Å². The Labute approximate surface area is 121 Å². The second-order valence-corrected chi connectivity index (χ2v) is 6.23. The number of rotatable bonds is 6. The van der Waals surface area contributed by atoms with E-state index in [1.54, 1.807) is 0 Å². The third-order valence-electron chi connectivity index (χ3n) is 4.46. The Morgan fingerprint density at radius 2 is 1.95 bits per heavy atom. The Hall–Kier alpha value is -0.650. The minimum Gasteiger partial charge on any atom is -0.480 e. The summed E-state index contributed by atoms with van der Waals surface area (Å²) in [5, 5.41) is 9.27. The van der Waals surface area contributed by atoms with E-state index in [1.165, 1.54) is 0 Å². The summed E-state index contributed by atoms with van der Waals surface area (Å²) in [5.41, 5.74) is 0. The average Bonchev–Trinajstić information content (AvgIpc) is 2.88. The van der Waals surface area contributed by atoms with Crippen molar-refractivity contribution in [2.24, 2.45) is 0 Å². The summed E-state index contributed by atoms with van der Waals surface area (Å²) in [4.78, 5) is 15.9. The first-order chi connectivity index (χ1) is 9.58. The Kier molecular flexibility index (Phi) is 5.81. The van der Waals surface area contributed by atoms with E-state index >= 15 is 0 Å². The van der Waals surface area contributed by atoms with Crippen LogP contribution in [-0.2, 0) is 9.53 Å². The van der Waals surface area contributed by atoms with E-state index in [0.29, 0.717) is 12.1 Å². The third kappa shape index (κ3) is 4.17. The molecule has 0 aromatic heterocycles. The molecule has 0 aromatic carbocycles. The van der Waals surface area contributed by atoms with Crippen LogP contribution < -0.4 is 0 Å². The lowest BCUT2D eigenvalue weighted by molar-refractivity contribution is -0.143. The molecule has 1 N–H and O–H groups in total. The number of nitrogens with zero attached hydrogens (tertiary/aromatic N) is 2. The van der Waals surface area contributed by atoms with E-state index in [2.05, 4.69) is 23.6 Å². The van der Waals surface area contributed by atoms with Crippen LogP contribution in [0.1, 0.15) is 39.5 Å². The zero-order valence-corrected chi connectivity index (χ0v) is 12.8. The number of aliphatic carboxylic acids is 1. The Morgan fingerprint density at radius 1 is 1.25 bits per heavy atom. The fraction of sp³-hybridized carbons (Fsp3) is 0.933. The lowest BCUT2D eigenvalue weighted by Gasteiger charge is -2.38. The van der Waals surface area contributed by atoms with E-state index in [0.717, 1.165) is 58.5 Å². The van der Waals surface area contributed by atoms with Crippen LogP contribution in [0.4, 0.5) is 0 Å². The number of hydrogen-bond donors (Lipinski definition) is 1. The summed E-state index contributed by atoms with van der Waals surface area (Å²) in [7, 11) is 0. The summed E-state index contributed by atoms with van der Waals surface area (Å²) in [6.45, 7) is 9.00. The fourth-order valence-corrected chi connectivity index (χ4v) is 3.38. The molecule has 0 amide bonds. The maximum Gasteiger partial charge on any atom is 0.320 e. The second kappa shape index (κ2) is 7.38. The van der Waals surface area contributed by atoms with Crippen molar-refractivity contribution in [2.75, 3.05) is 32.8 Å². The molecule has 0 aromatic rings. The molecule has 20 heavy (non-hydrogen) atoms. The smallest absolute Gasteiger partial charge is 0.320 e. The van der Waals surface area contributed by atoms with Crippen molar-refractivity contribution >= 4 is 5.97 Å². The SMILES string of the molecule is CC(C)OCCN1CCC(N2CCCC2C(=O)O)CC1. The van der Waals surface area contributed by atoms with E-state index in [4.69, 9.17) is 4.74 Å². The number of carboxylic acids is 1. The van der Waals surface area contributed by atoms with Gasteiger partial charge < -0.3 is 14.7 Å². The van der Waals surface area contributed by atoms with Gasteiger partial charge in [-0.3, -0.25) is 9.69 Å². The van der Waals surface area contributed by atoms with Crippen molar-refractivity contribution in [3.05, 3.63) is 0 Å². The molecule has 2 aliphatic heterocycles. The third-order valence-corrected chi connectivity index (χ3v) is 4.46. The number of hydrogen-bond acceptors (Lipinski definition) is 4. The Bertz CT molecular complexity index is 314. The molecule has 0 aliphatic carbocycles. The van der Waals surface area contributed by atoms with Crippen LogP contribution >= 0.6 is 0 Å². The molecular weight excluding hydrogens is 256 g/mol. The number of carboxylic acid groups (broad SMARTS) is 1. The van der Waals surface area contributed by atoms with Gasteiger partial charge in [-0.25, -0.2) is 0 Å². The van der Waals surface area contributed by atoms with E-state index < -0.39 is 5.97 Å². The minimum absolute atomic E-state index is 0.240. The highest BCUT2D eigenvalue weighted by Gasteiger charge is 2.36. The highest BCUT2D eigenvalue weighted by molar-refractivity contribution is 5.73. The molecule has 0 bridgehead atoms. The van der Waals surface area contributed by atoms with Crippen LogP contribution in [-0.4, -0.2) is 71.8 Å². The topological polar surface area (TPSA) is 53.0 Å². The summed E-state index contributed by atoms with van der Waals surface area (Å²) >= 11 is 0. The van der Waals surface area contributed by atoms with Gasteiger partial charge in [-0.05, 0) is 59.2 Å². The molecule has 2 fully saturated rings. The van der Waals surface area contributed by atoms with E-state index in [-0.39, 0.29) is 6.04 Å². The highest BCUT2D eigenvalue weighted by Crippen LogP contribution is 2.26. The zero-order chi connectivity index (χ0) is 14.5. The quantitative estimate of drug-likeness (QED) is 0.799. The molecule has 0 radical (unpaired) electrons. The molecule has 5 heteroatoms. The summed E-state index contributed by atoms with van der Waals surface area (Å²) < 4.78 is 5.59. The van der Waals surface area contributed by atoms with Gasteiger partial charge in [-0.2, -0.15) is 0 Å². The van der Waals surface area contributed by atoms with Gasteiger partial charge in [-0.15, -0.1) is 0 Å². The monoisotopic (exact) mass is 284 g/mol. The van der Waals surface area contributed by atoms with Gasteiger partial charge >= 0.3 is 5.97 Å². The van der Waals surface area contributed by atoms with Gasteiger partial charge in [0.05, 0.1) is 12.7 Å². The summed E-state index contributed by atoms with van der Waals surface area (Å²) in [6.07, 6.45) is 4.32. The number of piperidine rings is 1. The van der Waals surface area contributed by atoms with Gasteiger partial charge in [0.25, 0.3) is 0 Å². The second-order valence-electron chi connectivity index (χ2n) is 6.23. The van der Waals surface area contributed by atoms with E-state index in [1.807, 2.05) is 0 Å². The first kappa shape index (κ1) is 15.7. The summed E-state index contributed by atoms with van der Waals surface area (Å²) in [5.74, 6) is -0.643. The van der Waals surface area contributed by atoms with Crippen LogP contribution in [0.3, 0.4) is 0 Å². The molecule has 0 saturated carbocycles. The predicted octanol–water partition coefficient (Wildman–Crippen LogP) is 1.42. The first-order valence-corrected chi connectivity index (χ1v) is 7.90. The van der Waals surface area contributed by atoms with Gasteiger partial charge in [0.2, 0.25) is 0 Å². The molecule has 5 nitrogen and oxygen atoms in total. The van der Waals surface area contributed by atoms with Crippen LogP contribution in [0.15, 0.2) is 0 Å². The molecule has 116 valence electrons. The Morgan fingerprint density at radius 3 is 2.55 bits per heavy atom. The molecule has 2 heterocycles. The van der Waals surface area contributed by atoms with Crippen molar-refractivity contribution in [3.63, 3.8) is 0 Å². The highest BCUT2D eigenvalue weighted by atomic mass is 16.5. The van der Waals surface area contributed by atoms with E-state index in [9.17, 15) is 9.90 Å². The molecule has 0 spiro atoms. The predicted molar refractivity (Wildman–Crippen MR) is 77.9 cm³/mol. The zero-order valence-electron chi connectivity index (χ0n) is 12.8. The Balaban J connectivity index is 1.72. The van der Waals surface area contributed by atoms with Gasteiger partial charge in [-0.1, -0.05) is 0 Å². The average molecular weight is 284 g/mol. The molecule has 2 saturated heterocycles. The van der Waals surface area contributed by atoms with Crippen molar-refractivity contribution in [1.82, 2.24) is 9.80 Å². The standard InChI is InChI=1S/C15H28N2O3/c1-12(2)20-11-10-16-8-5-13(6-9-16)17-7-3-4-14(17)15(18)19/h12-14H,3-11H2,1-2H3,(H,18,19).